The Morgan fingerprint density at radius 1 is 1.17 bits per heavy atom. The van der Waals surface area contributed by atoms with Gasteiger partial charge in [0, 0.05) is 10.7 Å². The first-order valence-corrected chi connectivity index (χ1v) is 8.76. The highest BCUT2D eigenvalue weighted by Gasteiger charge is 2.16. The van der Waals surface area contributed by atoms with Crippen LogP contribution in [-0.4, -0.2) is 28.1 Å². The Morgan fingerprint density at radius 3 is 2.42 bits per heavy atom. The zero-order valence-electron chi connectivity index (χ0n) is 13.1. The number of hydrogen-bond acceptors (Lipinski definition) is 5. The van der Waals surface area contributed by atoms with Crippen molar-refractivity contribution in [1.82, 2.24) is 0 Å². The van der Waals surface area contributed by atoms with Crippen molar-refractivity contribution in [3.8, 4) is 5.75 Å². The molecule has 128 valence electrons. The van der Waals surface area contributed by atoms with Crippen LogP contribution in [0.4, 0.5) is 5.69 Å². The Kier molecular flexibility index (Phi) is 5.69. The number of rotatable bonds is 6. The third-order valence-electron chi connectivity index (χ3n) is 3.13. The van der Waals surface area contributed by atoms with Crippen LogP contribution in [0.25, 0.3) is 0 Å². The second kappa shape index (κ2) is 7.55. The SMILES string of the molecule is COC(=O)COc1ccc(S(=O)(=O)Nc2ccc(Cl)cc2)cc1C. The highest BCUT2D eigenvalue weighted by molar-refractivity contribution is 7.92. The number of aryl methyl sites for hydroxylation is 1. The van der Waals surface area contributed by atoms with Gasteiger partial charge in [0.1, 0.15) is 5.75 Å². The maximum atomic E-state index is 12.4. The van der Waals surface area contributed by atoms with E-state index in [1.807, 2.05) is 0 Å². The first kappa shape index (κ1) is 18.1. The second-order valence-electron chi connectivity index (χ2n) is 4.90. The largest absolute Gasteiger partial charge is 0.482 e. The summed E-state index contributed by atoms with van der Waals surface area (Å²) < 4.78 is 37.0. The molecule has 0 bridgehead atoms. The van der Waals surface area contributed by atoms with E-state index in [9.17, 15) is 13.2 Å². The van der Waals surface area contributed by atoms with E-state index >= 15 is 0 Å². The predicted molar refractivity (Wildman–Crippen MR) is 91.0 cm³/mol. The Balaban J connectivity index is 2.17. The molecular formula is C16H16ClNO5S. The van der Waals surface area contributed by atoms with Crippen molar-refractivity contribution in [3.05, 3.63) is 53.1 Å². The smallest absolute Gasteiger partial charge is 0.343 e. The van der Waals surface area contributed by atoms with Crippen LogP contribution in [0.5, 0.6) is 5.75 Å². The van der Waals surface area contributed by atoms with Crippen LogP contribution in [0.15, 0.2) is 47.4 Å². The summed E-state index contributed by atoms with van der Waals surface area (Å²) in [4.78, 5) is 11.2. The van der Waals surface area contributed by atoms with Crippen molar-refractivity contribution in [2.24, 2.45) is 0 Å². The molecule has 0 aromatic heterocycles. The number of hydrogen-bond donors (Lipinski definition) is 1. The molecule has 0 radical (unpaired) electrons. The van der Waals surface area contributed by atoms with Crippen molar-refractivity contribution < 1.29 is 22.7 Å². The van der Waals surface area contributed by atoms with Gasteiger partial charge in [-0.3, -0.25) is 4.72 Å². The molecule has 2 aromatic rings. The first-order valence-electron chi connectivity index (χ1n) is 6.90. The number of anilines is 1. The molecule has 0 fully saturated rings. The lowest BCUT2D eigenvalue weighted by Gasteiger charge is -2.12. The Morgan fingerprint density at radius 2 is 1.83 bits per heavy atom. The molecule has 2 rings (SSSR count). The third-order valence-corrected chi connectivity index (χ3v) is 4.76. The van der Waals surface area contributed by atoms with Gasteiger partial charge in [0.25, 0.3) is 10.0 Å². The Hall–Kier alpha value is -2.25. The zero-order chi connectivity index (χ0) is 17.7. The summed E-state index contributed by atoms with van der Waals surface area (Å²) in [5.41, 5.74) is 0.987. The maximum absolute atomic E-state index is 12.4. The van der Waals surface area contributed by atoms with Crippen LogP contribution in [0.1, 0.15) is 5.56 Å². The third kappa shape index (κ3) is 4.62. The Labute approximate surface area is 145 Å². The molecule has 0 aliphatic heterocycles. The molecule has 0 aliphatic rings. The fraction of sp³-hybridized carbons (Fsp3) is 0.188. The van der Waals surface area contributed by atoms with E-state index in [4.69, 9.17) is 16.3 Å². The number of sulfonamides is 1. The number of halogens is 1. The van der Waals surface area contributed by atoms with Crippen LogP contribution in [-0.2, 0) is 19.6 Å². The highest BCUT2D eigenvalue weighted by Crippen LogP contribution is 2.24. The van der Waals surface area contributed by atoms with Gasteiger partial charge in [-0.05, 0) is 55.0 Å². The second-order valence-corrected chi connectivity index (χ2v) is 7.02. The summed E-state index contributed by atoms with van der Waals surface area (Å²) in [6.07, 6.45) is 0. The van der Waals surface area contributed by atoms with Gasteiger partial charge < -0.3 is 9.47 Å². The molecule has 8 heteroatoms. The molecule has 2 aromatic carbocycles. The van der Waals surface area contributed by atoms with E-state index < -0.39 is 16.0 Å². The summed E-state index contributed by atoms with van der Waals surface area (Å²) in [6, 6.07) is 10.7. The lowest BCUT2D eigenvalue weighted by atomic mass is 10.2. The summed E-state index contributed by atoms with van der Waals surface area (Å²) in [7, 11) is -2.48. The molecule has 6 nitrogen and oxygen atoms in total. The molecule has 0 spiro atoms. The van der Waals surface area contributed by atoms with Crippen LogP contribution >= 0.6 is 11.6 Å². The molecule has 0 heterocycles. The van der Waals surface area contributed by atoms with Crippen molar-refractivity contribution in [3.63, 3.8) is 0 Å². The van der Waals surface area contributed by atoms with Crippen LogP contribution < -0.4 is 9.46 Å². The van der Waals surface area contributed by atoms with Crippen molar-refractivity contribution in [2.45, 2.75) is 11.8 Å². The lowest BCUT2D eigenvalue weighted by molar-refractivity contribution is -0.142. The summed E-state index contributed by atoms with van der Waals surface area (Å²) in [5, 5.41) is 0.515. The summed E-state index contributed by atoms with van der Waals surface area (Å²) in [5.74, 6) is -0.110. The molecule has 1 N–H and O–H groups in total. The minimum Gasteiger partial charge on any atom is -0.482 e. The fourth-order valence-corrected chi connectivity index (χ4v) is 3.15. The fourth-order valence-electron chi connectivity index (χ4n) is 1.88. The molecule has 0 saturated heterocycles. The molecule has 0 saturated carbocycles. The quantitative estimate of drug-likeness (QED) is 0.791. The van der Waals surface area contributed by atoms with E-state index in [1.165, 1.54) is 25.3 Å². The number of carbonyl (C=O) groups excluding carboxylic acids is 1. The first-order chi connectivity index (χ1) is 11.3. The average molecular weight is 370 g/mol. The number of benzene rings is 2. The normalized spacial score (nSPS) is 11.0. The van der Waals surface area contributed by atoms with Crippen LogP contribution in [0.3, 0.4) is 0 Å². The number of nitrogens with one attached hydrogen (secondary N) is 1. The number of carbonyl (C=O) groups is 1. The minimum absolute atomic E-state index is 0.0837. The Bertz CT molecular complexity index is 834. The number of methoxy groups -OCH3 is 1. The summed E-state index contributed by atoms with van der Waals surface area (Å²) >= 11 is 5.78. The van der Waals surface area contributed by atoms with Crippen LogP contribution in [0.2, 0.25) is 5.02 Å². The maximum Gasteiger partial charge on any atom is 0.343 e. The standard InChI is InChI=1S/C16H16ClNO5S/c1-11-9-14(7-8-15(11)23-10-16(19)22-2)24(20,21)18-13-5-3-12(17)4-6-13/h3-9,18H,10H2,1-2H3. The van der Waals surface area contributed by atoms with Gasteiger partial charge in [0.05, 0.1) is 12.0 Å². The highest BCUT2D eigenvalue weighted by atomic mass is 35.5. The van der Waals surface area contributed by atoms with Gasteiger partial charge >= 0.3 is 5.97 Å². The predicted octanol–water partition coefficient (Wildman–Crippen LogP) is 3.00. The van der Waals surface area contributed by atoms with E-state index in [0.717, 1.165) is 0 Å². The minimum atomic E-state index is -3.74. The van der Waals surface area contributed by atoms with Crippen LogP contribution in [0, 0.1) is 6.92 Å². The van der Waals surface area contributed by atoms with Gasteiger partial charge in [-0.2, -0.15) is 0 Å². The van der Waals surface area contributed by atoms with E-state index in [1.54, 1.807) is 31.2 Å². The van der Waals surface area contributed by atoms with Gasteiger partial charge in [0.15, 0.2) is 6.61 Å². The molecule has 0 amide bonds. The lowest BCUT2D eigenvalue weighted by Crippen LogP contribution is -2.14. The van der Waals surface area contributed by atoms with Gasteiger partial charge in [-0.15, -0.1) is 0 Å². The topological polar surface area (TPSA) is 81.7 Å². The van der Waals surface area contributed by atoms with E-state index in [-0.39, 0.29) is 11.5 Å². The molecule has 0 aliphatic carbocycles. The number of ether oxygens (including phenoxy) is 2. The zero-order valence-corrected chi connectivity index (χ0v) is 14.6. The number of esters is 1. The summed E-state index contributed by atoms with van der Waals surface area (Å²) in [6.45, 7) is 1.44. The van der Waals surface area contributed by atoms with Crippen molar-refractivity contribution in [2.75, 3.05) is 18.4 Å². The molecule has 0 unspecified atom stereocenters. The molecular weight excluding hydrogens is 354 g/mol. The van der Waals surface area contributed by atoms with Gasteiger partial charge in [0.2, 0.25) is 0 Å². The van der Waals surface area contributed by atoms with Gasteiger partial charge in [-0.1, -0.05) is 11.6 Å². The van der Waals surface area contributed by atoms with Gasteiger partial charge in [-0.25, -0.2) is 13.2 Å². The molecule has 24 heavy (non-hydrogen) atoms. The molecule has 0 atom stereocenters. The van der Waals surface area contributed by atoms with E-state index in [0.29, 0.717) is 22.0 Å². The average Bonchev–Trinajstić information content (AvgIpc) is 2.55. The van der Waals surface area contributed by atoms with Crippen molar-refractivity contribution in [1.29, 1.82) is 0 Å². The monoisotopic (exact) mass is 369 g/mol. The van der Waals surface area contributed by atoms with Crippen molar-refractivity contribution >= 4 is 33.3 Å². The van der Waals surface area contributed by atoms with E-state index in [2.05, 4.69) is 9.46 Å².